The highest BCUT2D eigenvalue weighted by molar-refractivity contribution is 5.93. The molecule has 0 amide bonds. The van der Waals surface area contributed by atoms with Crippen molar-refractivity contribution >= 4 is 11.7 Å². The standard InChI is InChI=1S/C9H10N2O4/c10-5-6-15-9(12)7-3-1-2-4-8(7)11(13)14/h1-4H,5-6,10H2. The third-order valence-electron chi connectivity index (χ3n) is 1.67. The summed E-state index contributed by atoms with van der Waals surface area (Å²) in [4.78, 5) is 21.3. The first-order valence-electron chi connectivity index (χ1n) is 4.27. The van der Waals surface area contributed by atoms with E-state index in [0.29, 0.717) is 0 Å². The molecular formula is C9H10N2O4. The van der Waals surface area contributed by atoms with Crippen LogP contribution in [0.2, 0.25) is 0 Å². The second kappa shape index (κ2) is 5.06. The minimum Gasteiger partial charge on any atom is -0.461 e. The Morgan fingerprint density at radius 2 is 2.13 bits per heavy atom. The Morgan fingerprint density at radius 1 is 1.47 bits per heavy atom. The molecule has 2 N–H and O–H groups in total. The first kappa shape index (κ1) is 11.1. The van der Waals surface area contributed by atoms with Gasteiger partial charge in [0.25, 0.3) is 5.69 Å². The summed E-state index contributed by atoms with van der Waals surface area (Å²) in [7, 11) is 0. The van der Waals surface area contributed by atoms with E-state index in [1.54, 1.807) is 0 Å². The quantitative estimate of drug-likeness (QED) is 0.448. The monoisotopic (exact) mass is 210 g/mol. The average Bonchev–Trinajstić information content (AvgIpc) is 2.25. The van der Waals surface area contributed by atoms with Gasteiger partial charge in [0.05, 0.1) is 4.92 Å². The molecule has 1 aromatic rings. The molecule has 0 aliphatic heterocycles. The number of para-hydroxylation sites is 1. The van der Waals surface area contributed by atoms with Crippen molar-refractivity contribution in [2.24, 2.45) is 5.73 Å². The van der Waals surface area contributed by atoms with Crippen molar-refractivity contribution in [2.45, 2.75) is 0 Å². The van der Waals surface area contributed by atoms with Crippen LogP contribution in [0, 0.1) is 10.1 Å². The summed E-state index contributed by atoms with van der Waals surface area (Å²) in [6.07, 6.45) is 0. The molecule has 1 aromatic carbocycles. The van der Waals surface area contributed by atoms with Gasteiger partial charge >= 0.3 is 5.97 Å². The van der Waals surface area contributed by atoms with Crippen LogP contribution in [0.3, 0.4) is 0 Å². The minimum atomic E-state index is -0.729. The van der Waals surface area contributed by atoms with Crippen LogP contribution in [0.4, 0.5) is 5.69 Å². The SMILES string of the molecule is NCCOC(=O)c1ccccc1[N+](=O)[O-]. The third-order valence-corrected chi connectivity index (χ3v) is 1.67. The highest BCUT2D eigenvalue weighted by atomic mass is 16.6. The zero-order chi connectivity index (χ0) is 11.3. The van der Waals surface area contributed by atoms with E-state index in [-0.39, 0.29) is 24.4 Å². The molecule has 0 aromatic heterocycles. The van der Waals surface area contributed by atoms with Gasteiger partial charge in [0, 0.05) is 12.6 Å². The number of nitrogens with zero attached hydrogens (tertiary/aromatic N) is 1. The summed E-state index contributed by atoms with van der Waals surface area (Å²) in [5.74, 6) is -0.729. The van der Waals surface area contributed by atoms with Crippen LogP contribution in [-0.4, -0.2) is 24.0 Å². The lowest BCUT2D eigenvalue weighted by molar-refractivity contribution is -0.385. The van der Waals surface area contributed by atoms with Gasteiger partial charge in [-0.25, -0.2) is 4.79 Å². The fourth-order valence-electron chi connectivity index (χ4n) is 1.03. The average molecular weight is 210 g/mol. The lowest BCUT2D eigenvalue weighted by atomic mass is 10.2. The van der Waals surface area contributed by atoms with Gasteiger partial charge in [-0.05, 0) is 6.07 Å². The molecule has 0 saturated heterocycles. The predicted octanol–water partition coefficient (Wildman–Crippen LogP) is 0.710. The Hall–Kier alpha value is -1.95. The van der Waals surface area contributed by atoms with Crippen LogP contribution in [0.5, 0.6) is 0 Å². The largest absolute Gasteiger partial charge is 0.461 e. The summed E-state index contributed by atoms with van der Waals surface area (Å²) in [6.45, 7) is 0.233. The number of nitrogens with two attached hydrogens (primary N) is 1. The van der Waals surface area contributed by atoms with Gasteiger partial charge in [0.15, 0.2) is 0 Å². The zero-order valence-corrected chi connectivity index (χ0v) is 7.88. The van der Waals surface area contributed by atoms with Gasteiger partial charge in [0.1, 0.15) is 12.2 Å². The Morgan fingerprint density at radius 3 is 2.73 bits per heavy atom. The molecule has 0 saturated carbocycles. The number of rotatable bonds is 4. The van der Waals surface area contributed by atoms with Crippen LogP contribution in [0.15, 0.2) is 24.3 Å². The highest BCUT2D eigenvalue weighted by Gasteiger charge is 2.19. The smallest absolute Gasteiger partial charge is 0.345 e. The number of hydrogen-bond acceptors (Lipinski definition) is 5. The molecule has 80 valence electrons. The molecule has 0 atom stereocenters. The van der Waals surface area contributed by atoms with Gasteiger partial charge in [-0.2, -0.15) is 0 Å². The maximum absolute atomic E-state index is 11.3. The van der Waals surface area contributed by atoms with Gasteiger partial charge in [-0.15, -0.1) is 0 Å². The van der Waals surface area contributed by atoms with Crippen molar-refractivity contribution in [3.8, 4) is 0 Å². The van der Waals surface area contributed by atoms with Crippen molar-refractivity contribution in [1.82, 2.24) is 0 Å². The molecule has 0 aliphatic carbocycles. The van der Waals surface area contributed by atoms with Crippen molar-refractivity contribution in [3.63, 3.8) is 0 Å². The van der Waals surface area contributed by atoms with Crippen molar-refractivity contribution in [3.05, 3.63) is 39.9 Å². The van der Waals surface area contributed by atoms with Crippen LogP contribution in [0.25, 0.3) is 0 Å². The predicted molar refractivity (Wildman–Crippen MR) is 52.4 cm³/mol. The van der Waals surface area contributed by atoms with E-state index in [2.05, 4.69) is 0 Å². The molecule has 1 rings (SSSR count). The molecule has 6 nitrogen and oxygen atoms in total. The lowest BCUT2D eigenvalue weighted by Crippen LogP contribution is -2.14. The van der Waals surface area contributed by atoms with E-state index in [0.717, 1.165) is 0 Å². The topological polar surface area (TPSA) is 95.5 Å². The number of esters is 1. The number of nitro groups is 1. The van der Waals surface area contributed by atoms with Gasteiger partial charge < -0.3 is 10.5 Å². The second-order valence-corrected chi connectivity index (χ2v) is 2.70. The zero-order valence-electron chi connectivity index (χ0n) is 7.88. The van der Waals surface area contributed by atoms with Crippen LogP contribution < -0.4 is 5.73 Å². The van der Waals surface area contributed by atoms with E-state index in [1.807, 2.05) is 0 Å². The van der Waals surface area contributed by atoms with E-state index < -0.39 is 10.9 Å². The number of nitro benzene ring substituents is 1. The maximum Gasteiger partial charge on any atom is 0.345 e. The summed E-state index contributed by atoms with van der Waals surface area (Å²) in [5.41, 5.74) is 4.82. The van der Waals surface area contributed by atoms with Crippen LogP contribution >= 0.6 is 0 Å². The fraction of sp³-hybridized carbons (Fsp3) is 0.222. The number of carbonyl (C=O) groups excluding carboxylic acids is 1. The Labute approximate surface area is 85.8 Å². The molecule has 0 radical (unpaired) electrons. The van der Waals surface area contributed by atoms with E-state index in [4.69, 9.17) is 10.5 Å². The van der Waals surface area contributed by atoms with Crippen molar-refractivity contribution in [2.75, 3.05) is 13.2 Å². The van der Waals surface area contributed by atoms with Gasteiger partial charge in [-0.3, -0.25) is 10.1 Å². The van der Waals surface area contributed by atoms with Crippen molar-refractivity contribution < 1.29 is 14.5 Å². The summed E-state index contributed by atoms with van der Waals surface area (Å²) in [5, 5.41) is 10.6. The van der Waals surface area contributed by atoms with Gasteiger partial charge in [-0.1, -0.05) is 12.1 Å². The Kier molecular flexibility index (Phi) is 3.75. The molecule has 0 heterocycles. The summed E-state index contributed by atoms with van der Waals surface area (Å²) in [6, 6.07) is 5.61. The molecule has 6 heteroatoms. The summed E-state index contributed by atoms with van der Waals surface area (Å²) >= 11 is 0. The molecule has 0 unspecified atom stereocenters. The van der Waals surface area contributed by atoms with E-state index in [1.165, 1.54) is 24.3 Å². The molecular weight excluding hydrogens is 200 g/mol. The molecule has 0 fully saturated rings. The molecule has 15 heavy (non-hydrogen) atoms. The number of carbonyl (C=O) groups is 1. The Balaban J connectivity index is 2.92. The van der Waals surface area contributed by atoms with Crippen LogP contribution in [0.1, 0.15) is 10.4 Å². The first-order valence-corrected chi connectivity index (χ1v) is 4.27. The summed E-state index contributed by atoms with van der Waals surface area (Å²) < 4.78 is 4.70. The molecule has 0 bridgehead atoms. The second-order valence-electron chi connectivity index (χ2n) is 2.70. The Bertz CT molecular complexity index is 378. The fourth-order valence-corrected chi connectivity index (χ4v) is 1.03. The van der Waals surface area contributed by atoms with Crippen LogP contribution in [-0.2, 0) is 4.74 Å². The molecule has 0 spiro atoms. The van der Waals surface area contributed by atoms with E-state index >= 15 is 0 Å². The number of ether oxygens (including phenoxy) is 1. The first-order chi connectivity index (χ1) is 7.16. The van der Waals surface area contributed by atoms with Gasteiger partial charge in [0.2, 0.25) is 0 Å². The van der Waals surface area contributed by atoms with E-state index in [9.17, 15) is 14.9 Å². The third kappa shape index (κ3) is 2.75. The van der Waals surface area contributed by atoms with Crippen molar-refractivity contribution in [1.29, 1.82) is 0 Å². The normalized spacial score (nSPS) is 9.67. The molecule has 0 aliphatic rings. The number of hydrogen-bond donors (Lipinski definition) is 1. The number of benzene rings is 1. The highest BCUT2D eigenvalue weighted by Crippen LogP contribution is 2.18. The minimum absolute atomic E-state index is 0.0465. The maximum atomic E-state index is 11.3. The lowest BCUT2D eigenvalue weighted by Gasteiger charge is -2.02.